The highest BCUT2D eigenvalue weighted by atomic mass is 32.1. The number of aryl methyl sites for hydroxylation is 1. The van der Waals surface area contributed by atoms with Crippen LogP contribution in [0.3, 0.4) is 0 Å². The first-order valence-corrected chi connectivity index (χ1v) is 13.0. The van der Waals surface area contributed by atoms with Crippen LogP contribution in [0.15, 0.2) is 42.6 Å². The predicted octanol–water partition coefficient (Wildman–Crippen LogP) is 3.02. The first-order chi connectivity index (χ1) is 17.9. The molecule has 10 nitrogen and oxygen atoms in total. The molecule has 0 bridgehead atoms. The van der Waals surface area contributed by atoms with E-state index in [0.29, 0.717) is 17.2 Å². The Balaban J connectivity index is 1.36. The minimum absolute atomic E-state index is 0.0745. The largest absolute Gasteiger partial charge is 0.395 e. The standard InChI is InChI=1S/C26H30N8O2S/c1-17-13-23(31-26(28-17)34-9-7-32(2)8-10-34)30-22-15-20-21(16-27-22)37-24(29-20)18-5-4-6-19(14-18)25(36)33(3)11-12-35/h4-6,13-16,35H,7-12H2,1-3H3,(H,27,28,30,31). The van der Waals surface area contributed by atoms with E-state index in [0.717, 1.165) is 58.6 Å². The molecule has 0 unspecified atom stereocenters. The van der Waals surface area contributed by atoms with Crippen LogP contribution in [0.5, 0.6) is 0 Å². The lowest BCUT2D eigenvalue weighted by molar-refractivity contribution is 0.0767. The molecule has 1 fully saturated rings. The predicted molar refractivity (Wildman–Crippen MR) is 147 cm³/mol. The third kappa shape index (κ3) is 5.68. The smallest absolute Gasteiger partial charge is 0.253 e. The van der Waals surface area contributed by atoms with Gasteiger partial charge in [0.05, 0.1) is 16.8 Å². The molecular weight excluding hydrogens is 488 g/mol. The number of aromatic nitrogens is 4. The maximum Gasteiger partial charge on any atom is 0.253 e. The zero-order valence-electron chi connectivity index (χ0n) is 21.2. The number of carbonyl (C=O) groups excluding carboxylic acids is 1. The van der Waals surface area contributed by atoms with Crippen molar-refractivity contribution in [2.45, 2.75) is 6.92 Å². The number of aliphatic hydroxyl groups excluding tert-OH is 1. The number of hydrogen-bond donors (Lipinski definition) is 2. The monoisotopic (exact) mass is 518 g/mol. The fraction of sp³-hybridized carbons (Fsp3) is 0.346. The van der Waals surface area contributed by atoms with Gasteiger partial charge in [-0.25, -0.2) is 15.0 Å². The van der Waals surface area contributed by atoms with E-state index in [4.69, 9.17) is 15.1 Å². The maximum atomic E-state index is 12.6. The zero-order chi connectivity index (χ0) is 25.9. The molecule has 0 spiro atoms. The Morgan fingerprint density at radius 1 is 1.11 bits per heavy atom. The second-order valence-corrected chi connectivity index (χ2v) is 10.2. The topological polar surface area (TPSA) is 111 Å². The molecule has 0 saturated carbocycles. The van der Waals surface area contributed by atoms with E-state index >= 15 is 0 Å². The lowest BCUT2D eigenvalue weighted by Crippen LogP contribution is -2.45. The number of nitrogens with zero attached hydrogens (tertiary/aromatic N) is 7. The molecule has 1 aliphatic heterocycles. The molecule has 1 aromatic carbocycles. The Hall–Kier alpha value is -3.67. The molecule has 1 aliphatic rings. The number of likely N-dealkylation sites (N-methyl/N-ethyl adjacent to an activating group) is 2. The number of anilines is 3. The average Bonchev–Trinajstić information content (AvgIpc) is 3.32. The van der Waals surface area contributed by atoms with Gasteiger partial charge in [0.15, 0.2) is 0 Å². The molecule has 5 rings (SSSR count). The number of piperazine rings is 1. The number of amides is 1. The van der Waals surface area contributed by atoms with Crippen molar-refractivity contribution in [1.29, 1.82) is 0 Å². The van der Waals surface area contributed by atoms with Gasteiger partial charge in [0.2, 0.25) is 5.95 Å². The normalized spacial score (nSPS) is 14.2. The summed E-state index contributed by atoms with van der Waals surface area (Å²) in [5.74, 6) is 1.94. The van der Waals surface area contributed by atoms with Crippen LogP contribution < -0.4 is 10.2 Å². The lowest BCUT2D eigenvalue weighted by Gasteiger charge is -2.32. The molecule has 4 aromatic rings. The Kier molecular flexibility index (Phi) is 7.26. The summed E-state index contributed by atoms with van der Waals surface area (Å²) in [5, 5.41) is 13.3. The maximum absolute atomic E-state index is 12.6. The fourth-order valence-corrected chi connectivity index (χ4v) is 5.09. The van der Waals surface area contributed by atoms with Crippen molar-refractivity contribution in [3.8, 4) is 10.6 Å². The van der Waals surface area contributed by atoms with E-state index in [1.807, 2.05) is 37.3 Å². The summed E-state index contributed by atoms with van der Waals surface area (Å²) < 4.78 is 0.951. The number of carbonyl (C=O) groups is 1. The van der Waals surface area contributed by atoms with Crippen molar-refractivity contribution in [2.75, 3.05) is 63.6 Å². The summed E-state index contributed by atoms with van der Waals surface area (Å²) >= 11 is 1.53. The fourth-order valence-electron chi connectivity index (χ4n) is 4.18. The van der Waals surface area contributed by atoms with Crippen LogP contribution in [0.25, 0.3) is 20.8 Å². The summed E-state index contributed by atoms with van der Waals surface area (Å²) in [4.78, 5) is 37.4. The molecule has 4 heterocycles. The Labute approximate surface area is 219 Å². The summed E-state index contributed by atoms with van der Waals surface area (Å²) in [5.41, 5.74) is 3.13. The van der Waals surface area contributed by atoms with Gasteiger partial charge in [-0.3, -0.25) is 4.79 Å². The number of nitrogens with one attached hydrogen (secondary N) is 1. The minimum Gasteiger partial charge on any atom is -0.395 e. The van der Waals surface area contributed by atoms with E-state index in [1.54, 1.807) is 19.3 Å². The Bertz CT molecular complexity index is 1420. The average molecular weight is 519 g/mol. The van der Waals surface area contributed by atoms with Crippen LogP contribution in [-0.2, 0) is 0 Å². The molecule has 0 radical (unpaired) electrons. The highest BCUT2D eigenvalue weighted by Crippen LogP contribution is 2.32. The number of fused-ring (bicyclic) bond motifs is 1. The van der Waals surface area contributed by atoms with Crippen molar-refractivity contribution in [2.24, 2.45) is 0 Å². The minimum atomic E-state index is -0.138. The van der Waals surface area contributed by atoms with Gasteiger partial charge >= 0.3 is 0 Å². The summed E-state index contributed by atoms with van der Waals surface area (Å²) in [6.07, 6.45) is 1.80. The Morgan fingerprint density at radius 3 is 2.70 bits per heavy atom. The first-order valence-electron chi connectivity index (χ1n) is 12.2. The number of thiazole rings is 1. The Morgan fingerprint density at radius 2 is 1.92 bits per heavy atom. The molecule has 2 N–H and O–H groups in total. The van der Waals surface area contributed by atoms with Gasteiger partial charge in [-0.15, -0.1) is 11.3 Å². The van der Waals surface area contributed by atoms with Gasteiger partial charge in [0.25, 0.3) is 5.91 Å². The van der Waals surface area contributed by atoms with Crippen LogP contribution in [0, 0.1) is 6.92 Å². The van der Waals surface area contributed by atoms with Crippen molar-refractivity contribution < 1.29 is 9.90 Å². The van der Waals surface area contributed by atoms with Crippen LogP contribution in [0.4, 0.5) is 17.6 Å². The zero-order valence-corrected chi connectivity index (χ0v) is 22.0. The van der Waals surface area contributed by atoms with Crippen molar-refractivity contribution in [1.82, 2.24) is 29.7 Å². The molecule has 3 aromatic heterocycles. The van der Waals surface area contributed by atoms with Crippen LogP contribution >= 0.6 is 11.3 Å². The molecule has 1 saturated heterocycles. The third-order valence-electron chi connectivity index (χ3n) is 6.30. The van der Waals surface area contributed by atoms with Crippen molar-refractivity contribution >= 4 is 45.0 Å². The van der Waals surface area contributed by atoms with Gasteiger partial charge in [-0.05, 0) is 26.1 Å². The second kappa shape index (κ2) is 10.8. The second-order valence-electron chi connectivity index (χ2n) is 9.20. The van der Waals surface area contributed by atoms with Crippen LogP contribution in [0.2, 0.25) is 0 Å². The number of aliphatic hydroxyl groups is 1. The van der Waals surface area contributed by atoms with Gasteiger partial charge in [0.1, 0.15) is 16.6 Å². The van der Waals surface area contributed by atoms with E-state index < -0.39 is 0 Å². The van der Waals surface area contributed by atoms with E-state index in [9.17, 15) is 4.79 Å². The van der Waals surface area contributed by atoms with Crippen LogP contribution in [0.1, 0.15) is 16.1 Å². The van der Waals surface area contributed by atoms with E-state index in [-0.39, 0.29) is 19.1 Å². The van der Waals surface area contributed by atoms with Crippen LogP contribution in [-0.4, -0.2) is 94.2 Å². The molecular formula is C26H30N8O2S. The summed E-state index contributed by atoms with van der Waals surface area (Å²) in [6, 6.07) is 11.2. The van der Waals surface area contributed by atoms with Crippen molar-refractivity contribution in [3.05, 3.63) is 53.9 Å². The highest BCUT2D eigenvalue weighted by Gasteiger charge is 2.18. The molecule has 1 amide bonds. The van der Waals surface area contributed by atoms with Gasteiger partial charge in [-0.1, -0.05) is 12.1 Å². The van der Waals surface area contributed by atoms with Gasteiger partial charge in [-0.2, -0.15) is 4.98 Å². The number of hydrogen-bond acceptors (Lipinski definition) is 10. The lowest BCUT2D eigenvalue weighted by atomic mass is 10.1. The molecule has 0 atom stereocenters. The van der Waals surface area contributed by atoms with Gasteiger partial charge in [0, 0.05) is 74.9 Å². The summed E-state index contributed by atoms with van der Waals surface area (Å²) in [7, 11) is 3.80. The SMILES string of the molecule is Cc1cc(Nc2cc3nc(-c4cccc(C(=O)N(C)CCO)c4)sc3cn2)nc(N2CCN(C)CC2)n1. The van der Waals surface area contributed by atoms with Crippen molar-refractivity contribution in [3.63, 3.8) is 0 Å². The number of pyridine rings is 1. The quantitative estimate of drug-likeness (QED) is 0.381. The third-order valence-corrected chi connectivity index (χ3v) is 7.35. The number of benzene rings is 1. The van der Waals surface area contributed by atoms with E-state index in [1.165, 1.54) is 16.2 Å². The van der Waals surface area contributed by atoms with Gasteiger partial charge < -0.3 is 25.1 Å². The molecule has 192 valence electrons. The molecule has 0 aliphatic carbocycles. The molecule has 37 heavy (non-hydrogen) atoms. The molecule has 11 heteroatoms. The summed E-state index contributed by atoms with van der Waals surface area (Å²) in [6.45, 7) is 5.95. The highest BCUT2D eigenvalue weighted by molar-refractivity contribution is 7.21. The number of rotatable bonds is 7. The first kappa shape index (κ1) is 25.0. The van der Waals surface area contributed by atoms with E-state index in [2.05, 4.69) is 32.1 Å².